The van der Waals surface area contributed by atoms with E-state index >= 15 is 0 Å². The van der Waals surface area contributed by atoms with E-state index in [1.165, 1.54) is 0 Å². The number of rotatable bonds is 3. The van der Waals surface area contributed by atoms with Crippen LogP contribution in [0.15, 0.2) is 18.2 Å². The molecule has 0 spiro atoms. The van der Waals surface area contributed by atoms with Gasteiger partial charge in [0.1, 0.15) is 12.0 Å². The summed E-state index contributed by atoms with van der Waals surface area (Å²) < 4.78 is 5.11. The van der Waals surface area contributed by atoms with Gasteiger partial charge in [0.15, 0.2) is 0 Å². The Bertz CT molecular complexity index is 370. The van der Waals surface area contributed by atoms with Crippen molar-refractivity contribution in [3.05, 3.63) is 29.3 Å². The summed E-state index contributed by atoms with van der Waals surface area (Å²) in [5.41, 5.74) is 7.35. The minimum Gasteiger partial charge on any atom is -0.497 e. The fourth-order valence-electron chi connectivity index (χ4n) is 1.60. The van der Waals surface area contributed by atoms with Crippen LogP contribution in [0.4, 0.5) is 0 Å². The molecule has 0 bridgehead atoms. The number of hydrogen-bond donors (Lipinski definition) is 1. The van der Waals surface area contributed by atoms with E-state index in [0.717, 1.165) is 30.4 Å². The van der Waals surface area contributed by atoms with Crippen molar-refractivity contribution in [2.24, 2.45) is 5.73 Å². The summed E-state index contributed by atoms with van der Waals surface area (Å²) in [5.74, 6) is 0.752. The van der Waals surface area contributed by atoms with Crippen LogP contribution >= 0.6 is 0 Å². The fourth-order valence-corrected chi connectivity index (χ4v) is 1.60. The minimum absolute atomic E-state index is 0.287. The second kappa shape index (κ2) is 3.10. The number of aldehydes is 1. The topological polar surface area (TPSA) is 52.3 Å². The van der Waals surface area contributed by atoms with Crippen LogP contribution in [0, 0.1) is 0 Å². The van der Waals surface area contributed by atoms with Gasteiger partial charge in [0.2, 0.25) is 0 Å². The van der Waals surface area contributed by atoms with Gasteiger partial charge in [-0.3, -0.25) is 4.79 Å². The summed E-state index contributed by atoms with van der Waals surface area (Å²) in [6.07, 6.45) is 2.74. The molecule has 3 heteroatoms. The maximum atomic E-state index is 10.8. The molecule has 2 rings (SSSR count). The van der Waals surface area contributed by atoms with Crippen molar-refractivity contribution in [2.75, 3.05) is 7.11 Å². The molecule has 1 saturated carbocycles. The molecule has 0 aliphatic heterocycles. The normalized spacial score (nSPS) is 17.6. The molecule has 14 heavy (non-hydrogen) atoms. The largest absolute Gasteiger partial charge is 0.497 e. The van der Waals surface area contributed by atoms with Crippen molar-refractivity contribution in [1.29, 1.82) is 0 Å². The Morgan fingerprint density at radius 3 is 2.71 bits per heavy atom. The lowest BCUT2D eigenvalue weighted by Gasteiger charge is -2.13. The van der Waals surface area contributed by atoms with E-state index in [1.807, 2.05) is 6.07 Å². The highest BCUT2D eigenvalue weighted by Crippen LogP contribution is 2.44. The molecule has 0 saturated heterocycles. The van der Waals surface area contributed by atoms with Gasteiger partial charge in [-0.2, -0.15) is 0 Å². The van der Waals surface area contributed by atoms with Gasteiger partial charge in [-0.25, -0.2) is 0 Å². The minimum atomic E-state index is -0.287. The predicted molar refractivity (Wildman–Crippen MR) is 53.5 cm³/mol. The lowest BCUT2D eigenvalue weighted by Crippen LogP contribution is -2.20. The maximum absolute atomic E-state index is 10.8. The van der Waals surface area contributed by atoms with Crippen molar-refractivity contribution in [1.82, 2.24) is 0 Å². The number of benzene rings is 1. The molecule has 0 atom stereocenters. The molecule has 1 fully saturated rings. The Hall–Kier alpha value is -1.35. The summed E-state index contributed by atoms with van der Waals surface area (Å²) in [5, 5.41) is 0. The third-order valence-corrected chi connectivity index (χ3v) is 2.71. The molecule has 1 aromatic carbocycles. The smallest absolute Gasteiger partial charge is 0.150 e. The Kier molecular flexibility index (Phi) is 2.04. The Morgan fingerprint density at radius 1 is 1.50 bits per heavy atom. The van der Waals surface area contributed by atoms with E-state index < -0.39 is 0 Å². The zero-order chi connectivity index (χ0) is 10.2. The van der Waals surface area contributed by atoms with Gasteiger partial charge >= 0.3 is 0 Å². The fraction of sp³-hybridized carbons (Fsp3) is 0.364. The first-order chi connectivity index (χ1) is 6.69. The summed E-state index contributed by atoms with van der Waals surface area (Å²) in [4.78, 5) is 10.8. The molecule has 0 heterocycles. The van der Waals surface area contributed by atoms with E-state index in [1.54, 1.807) is 19.2 Å². The molecule has 1 aromatic rings. The molecule has 0 aromatic heterocycles. The second-order valence-corrected chi connectivity index (χ2v) is 3.73. The second-order valence-electron chi connectivity index (χ2n) is 3.73. The summed E-state index contributed by atoms with van der Waals surface area (Å²) in [7, 11) is 1.61. The van der Waals surface area contributed by atoms with Crippen LogP contribution in [-0.4, -0.2) is 13.4 Å². The van der Waals surface area contributed by atoms with Gasteiger partial charge in [0, 0.05) is 11.1 Å². The van der Waals surface area contributed by atoms with Gasteiger partial charge in [0.25, 0.3) is 0 Å². The van der Waals surface area contributed by atoms with Crippen molar-refractivity contribution in [3.8, 4) is 5.75 Å². The van der Waals surface area contributed by atoms with E-state index in [4.69, 9.17) is 10.5 Å². The van der Waals surface area contributed by atoms with E-state index in [9.17, 15) is 4.79 Å². The molecule has 2 N–H and O–H groups in total. The van der Waals surface area contributed by atoms with Gasteiger partial charge in [-0.05, 0) is 36.6 Å². The number of methoxy groups -OCH3 is 1. The van der Waals surface area contributed by atoms with Crippen LogP contribution < -0.4 is 10.5 Å². The zero-order valence-electron chi connectivity index (χ0n) is 8.12. The molecule has 74 valence electrons. The Labute approximate surface area is 82.9 Å². The predicted octanol–water partition coefficient (Wildman–Crippen LogP) is 1.46. The highest BCUT2D eigenvalue weighted by Gasteiger charge is 2.41. The highest BCUT2D eigenvalue weighted by atomic mass is 16.5. The van der Waals surface area contributed by atoms with Crippen molar-refractivity contribution in [2.45, 2.75) is 18.4 Å². The third kappa shape index (κ3) is 1.40. The molecule has 0 amide bonds. The molecule has 0 radical (unpaired) electrons. The highest BCUT2D eigenvalue weighted by molar-refractivity contribution is 5.79. The number of nitrogens with two attached hydrogens (primary N) is 1. The SMILES string of the molecule is COc1ccc(C=O)c(C2(N)CC2)c1. The first-order valence-corrected chi connectivity index (χ1v) is 4.62. The molecular weight excluding hydrogens is 178 g/mol. The third-order valence-electron chi connectivity index (χ3n) is 2.71. The van der Waals surface area contributed by atoms with E-state index in [-0.39, 0.29) is 5.54 Å². The molecule has 3 nitrogen and oxygen atoms in total. The van der Waals surface area contributed by atoms with Gasteiger partial charge in [-0.15, -0.1) is 0 Å². The lowest BCUT2D eigenvalue weighted by atomic mass is 9.99. The lowest BCUT2D eigenvalue weighted by molar-refractivity contribution is 0.112. The average molecular weight is 191 g/mol. The number of carbonyl (C=O) groups excluding carboxylic acids is 1. The van der Waals surface area contributed by atoms with Crippen LogP contribution in [-0.2, 0) is 5.54 Å². The average Bonchev–Trinajstić information content (AvgIpc) is 2.97. The number of ether oxygens (including phenoxy) is 1. The van der Waals surface area contributed by atoms with Crippen LogP contribution in [0.5, 0.6) is 5.75 Å². The van der Waals surface area contributed by atoms with E-state index in [2.05, 4.69) is 0 Å². The van der Waals surface area contributed by atoms with E-state index in [0.29, 0.717) is 5.56 Å². The van der Waals surface area contributed by atoms with Crippen molar-refractivity contribution >= 4 is 6.29 Å². The first-order valence-electron chi connectivity index (χ1n) is 4.62. The van der Waals surface area contributed by atoms with Crippen molar-refractivity contribution in [3.63, 3.8) is 0 Å². The first kappa shape index (κ1) is 9.21. The van der Waals surface area contributed by atoms with Gasteiger partial charge in [-0.1, -0.05) is 0 Å². The Morgan fingerprint density at radius 2 is 2.21 bits per heavy atom. The summed E-state index contributed by atoms with van der Waals surface area (Å²) in [6, 6.07) is 5.39. The zero-order valence-corrected chi connectivity index (χ0v) is 8.12. The van der Waals surface area contributed by atoms with Crippen LogP contribution in [0.2, 0.25) is 0 Å². The molecule has 1 aliphatic carbocycles. The summed E-state index contributed by atoms with van der Waals surface area (Å²) >= 11 is 0. The number of carbonyl (C=O) groups is 1. The van der Waals surface area contributed by atoms with Crippen molar-refractivity contribution < 1.29 is 9.53 Å². The quantitative estimate of drug-likeness (QED) is 0.736. The number of hydrogen-bond acceptors (Lipinski definition) is 3. The van der Waals surface area contributed by atoms with Crippen LogP contribution in [0.3, 0.4) is 0 Å². The standard InChI is InChI=1S/C11H13NO2/c1-14-9-3-2-8(7-13)10(6-9)11(12)4-5-11/h2-3,6-7H,4-5,12H2,1H3. The summed E-state index contributed by atoms with van der Waals surface area (Å²) in [6.45, 7) is 0. The van der Waals surface area contributed by atoms with Crippen LogP contribution in [0.1, 0.15) is 28.8 Å². The molecular formula is C11H13NO2. The maximum Gasteiger partial charge on any atom is 0.150 e. The molecule has 0 unspecified atom stereocenters. The molecule has 1 aliphatic rings. The van der Waals surface area contributed by atoms with Gasteiger partial charge < -0.3 is 10.5 Å². The monoisotopic (exact) mass is 191 g/mol. The Balaban J connectivity index is 2.48. The van der Waals surface area contributed by atoms with Gasteiger partial charge in [0.05, 0.1) is 7.11 Å². The van der Waals surface area contributed by atoms with Crippen LogP contribution in [0.25, 0.3) is 0 Å².